The molecular formula is C14H24N2O3S. The van der Waals surface area contributed by atoms with E-state index < -0.39 is 15.6 Å². The molecule has 0 aliphatic rings. The van der Waals surface area contributed by atoms with Crippen molar-refractivity contribution in [3.63, 3.8) is 0 Å². The highest BCUT2D eigenvalue weighted by Crippen LogP contribution is 2.29. The lowest BCUT2D eigenvalue weighted by molar-refractivity contribution is 0.138. The minimum atomic E-state index is -3.65. The van der Waals surface area contributed by atoms with Crippen molar-refractivity contribution in [3.8, 4) is 0 Å². The zero-order valence-corrected chi connectivity index (χ0v) is 13.8. The number of anilines is 1. The SMILES string of the molecule is CNc1cc(C)c(S(=O)(=O)N(C)C(C)(C)CO)c(C)c1. The van der Waals surface area contributed by atoms with E-state index >= 15 is 0 Å². The van der Waals surface area contributed by atoms with Gasteiger partial charge in [0, 0.05) is 19.8 Å². The fraction of sp³-hybridized carbons (Fsp3) is 0.571. The Labute approximate surface area is 121 Å². The number of hydrogen-bond acceptors (Lipinski definition) is 4. The highest BCUT2D eigenvalue weighted by molar-refractivity contribution is 7.89. The Bertz CT molecular complexity index is 571. The number of aryl methyl sites for hydroxylation is 2. The second-order valence-electron chi connectivity index (χ2n) is 5.63. The number of likely N-dealkylation sites (N-methyl/N-ethyl adjacent to an activating group) is 1. The minimum absolute atomic E-state index is 0.241. The van der Waals surface area contributed by atoms with E-state index in [-0.39, 0.29) is 6.61 Å². The second-order valence-corrected chi connectivity index (χ2v) is 7.54. The largest absolute Gasteiger partial charge is 0.394 e. The molecule has 114 valence electrons. The number of aliphatic hydroxyl groups excluding tert-OH is 1. The summed E-state index contributed by atoms with van der Waals surface area (Å²) < 4.78 is 26.8. The molecule has 0 saturated heterocycles. The van der Waals surface area contributed by atoms with Gasteiger partial charge in [-0.25, -0.2) is 8.42 Å². The van der Waals surface area contributed by atoms with Gasteiger partial charge in [0.2, 0.25) is 10.0 Å². The van der Waals surface area contributed by atoms with Crippen molar-refractivity contribution >= 4 is 15.7 Å². The molecule has 1 aromatic carbocycles. The van der Waals surface area contributed by atoms with Crippen molar-refractivity contribution in [1.82, 2.24) is 4.31 Å². The Morgan fingerprint density at radius 3 is 2.05 bits per heavy atom. The molecule has 0 aromatic heterocycles. The molecule has 0 spiro atoms. The number of rotatable bonds is 5. The second kappa shape index (κ2) is 5.71. The number of nitrogens with zero attached hydrogens (tertiary/aromatic N) is 1. The molecule has 1 aromatic rings. The summed E-state index contributed by atoms with van der Waals surface area (Å²) in [7, 11) is -0.358. The molecule has 0 radical (unpaired) electrons. The molecule has 20 heavy (non-hydrogen) atoms. The van der Waals surface area contributed by atoms with Crippen LogP contribution in [0, 0.1) is 13.8 Å². The fourth-order valence-corrected chi connectivity index (χ4v) is 3.98. The summed E-state index contributed by atoms with van der Waals surface area (Å²) in [6.45, 7) is 6.70. The summed E-state index contributed by atoms with van der Waals surface area (Å²) in [5, 5.41) is 12.4. The minimum Gasteiger partial charge on any atom is -0.394 e. The summed E-state index contributed by atoms with van der Waals surface area (Å²) in [6, 6.07) is 3.61. The molecule has 0 fully saturated rings. The van der Waals surface area contributed by atoms with Crippen molar-refractivity contribution in [1.29, 1.82) is 0 Å². The third-order valence-corrected chi connectivity index (χ3v) is 5.98. The van der Waals surface area contributed by atoms with Crippen LogP contribution in [0.1, 0.15) is 25.0 Å². The number of sulfonamides is 1. The first-order chi connectivity index (χ1) is 9.07. The van der Waals surface area contributed by atoms with Crippen LogP contribution >= 0.6 is 0 Å². The zero-order valence-electron chi connectivity index (χ0n) is 13.0. The Kier molecular flexibility index (Phi) is 4.84. The van der Waals surface area contributed by atoms with Gasteiger partial charge in [-0.15, -0.1) is 0 Å². The van der Waals surface area contributed by atoms with E-state index in [0.29, 0.717) is 16.0 Å². The van der Waals surface area contributed by atoms with Crippen LogP contribution in [-0.2, 0) is 10.0 Å². The first kappa shape index (κ1) is 16.9. The number of hydrogen-bond donors (Lipinski definition) is 2. The lowest BCUT2D eigenvalue weighted by atomic mass is 10.1. The summed E-state index contributed by atoms with van der Waals surface area (Å²) in [5.74, 6) is 0. The molecular weight excluding hydrogens is 276 g/mol. The van der Waals surface area contributed by atoms with Gasteiger partial charge in [0.25, 0.3) is 0 Å². The predicted molar refractivity (Wildman–Crippen MR) is 81.6 cm³/mol. The summed E-state index contributed by atoms with van der Waals surface area (Å²) >= 11 is 0. The summed E-state index contributed by atoms with van der Waals surface area (Å²) in [4.78, 5) is 0.306. The van der Waals surface area contributed by atoms with Crippen molar-refractivity contribution in [3.05, 3.63) is 23.3 Å². The average Bonchev–Trinajstić information content (AvgIpc) is 2.36. The van der Waals surface area contributed by atoms with E-state index in [0.717, 1.165) is 5.69 Å². The van der Waals surface area contributed by atoms with Gasteiger partial charge in [0.1, 0.15) is 0 Å². The van der Waals surface area contributed by atoms with Crippen LogP contribution in [0.5, 0.6) is 0 Å². The monoisotopic (exact) mass is 300 g/mol. The first-order valence-electron chi connectivity index (χ1n) is 6.47. The van der Waals surface area contributed by atoms with Crippen LogP contribution < -0.4 is 5.32 Å². The van der Waals surface area contributed by atoms with E-state index in [1.54, 1.807) is 46.9 Å². The first-order valence-corrected chi connectivity index (χ1v) is 7.91. The molecule has 5 nitrogen and oxygen atoms in total. The average molecular weight is 300 g/mol. The lowest BCUT2D eigenvalue weighted by Crippen LogP contribution is -2.47. The molecule has 1 rings (SSSR count). The van der Waals surface area contributed by atoms with Gasteiger partial charge in [-0.2, -0.15) is 4.31 Å². The zero-order chi connectivity index (χ0) is 15.7. The van der Waals surface area contributed by atoms with Gasteiger partial charge >= 0.3 is 0 Å². The quantitative estimate of drug-likeness (QED) is 0.869. The number of nitrogens with one attached hydrogen (secondary N) is 1. The number of benzene rings is 1. The molecule has 0 aliphatic carbocycles. The maximum Gasteiger partial charge on any atom is 0.243 e. The van der Waals surface area contributed by atoms with Crippen molar-refractivity contribution in [2.45, 2.75) is 38.1 Å². The van der Waals surface area contributed by atoms with E-state index in [2.05, 4.69) is 5.32 Å². The van der Waals surface area contributed by atoms with Crippen LogP contribution in [0.3, 0.4) is 0 Å². The Morgan fingerprint density at radius 2 is 1.70 bits per heavy atom. The molecule has 2 N–H and O–H groups in total. The van der Waals surface area contributed by atoms with Crippen molar-refractivity contribution in [2.24, 2.45) is 0 Å². The molecule has 0 bridgehead atoms. The van der Waals surface area contributed by atoms with Crippen LogP contribution in [-0.4, -0.2) is 44.1 Å². The standard InChI is InChI=1S/C14H24N2O3S/c1-10-7-12(15-5)8-11(2)13(10)20(18,19)16(6)14(3,4)9-17/h7-8,15,17H,9H2,1-6H3. The number of aliphatic hydroxyl groups is 1. The van der Waals surface area contributed by atoms with E-state index in [4.69, 9.17) is 0 Å². The van der Waals surface area contributed by atoms with Crippen LogP contribution in [0.15, 0.2) is 17.0 Å². The third-order valence-electron chi connectivity index (χ3n) is 3.61. The fourth-order valence-electron chi connectivity index (χ4n) is 2.06. The van der Waals surface area contributed by atoms with Gasteiger partial charge in [-0.1, -0.05) is 0 Å². The molecule has 0 heterocycles. The Hall–Kier alpha value is -1.11. The van der Waals surface area contributed by atoms with Gasteiger partial charge in [0.05, 0.1) is 17.0 Å². The van der Waals surface area contributed by atoms with Crippen molar-refractivity contribution < 1.29 is 13.5 Å². The molecule has 6 heteroatoms. The van der Waals surface area contributed by atoms with Gasteiger partial charge in [-0.3, -0.25) is 0 Å². The van der Waals surface area contributed by atoms with Crippen LogP contribution in [0.2, 0.25) is 0 Å². The van der Waals surface area contributed by atoms with Gasteiger partial charge in [0.15, 0.2) is 0 Å². The van der Waals surface area contributed by atoms with Crippen LogP contribution in [0.4, 0.5) is 5.69 Å². The highest BCUT2D eigenvalue weighted by Gasteiger charge is 2.35. The normalized spacial score (nSPS) is 12.8. The topological polar surface area (TPSA) is 69.6 Å². The van der Waals surface area contributed by atoms with E-state index in [9.17, 15) is 13.5 Å². The van der Waals surface area contributed by atoms with E-state index in [1.165, 1.54) is 11.4 Å². The maximum atomic E-state index is 12.8. The van der Waals surface area contributed by atoms with Crippen molar-refractivity contribution in [2.75, 3.05) is 26.0 Å². The predicted octanol–water partition coefficient (Wildman–Crippen LogP) is 1.74. The molecule has 0 atom stereocenters. The smallest absolute Gasteiger partial charge is 0.243 e. The highest BCUT2D eigenvalue weighted by atomic mass is 32.2. The summed E-state index contributed by atoms with van der Waals surface area (Å²) in [5.41, 5.74) is 1.41. The van der Waals surface area contributed by atoms with Gasteiger partial charge in [-0.05, 0) is 51.0 Å². The molecule has 0 amide bonds. The Morgan fingerprint density at radius 1 is 1.25 bits per heavy atom. The Balaban J connectivity index is 3.44. The molecule has 0 unspecified atom stereocenters. The van der Waals surface area contributed by atoms with Crippen LogP contribution in [0.25, 0.3) is 0 Å². The summed E-state index contributed by atoms with van der Waals surface area (Å²) in [6.07, 6.45) is 0. The third kappa shape index (κ3) is 2.97. The molecule has 0 aliphatic heterocycles. The lowest BCUT2D eigenvalue weighted by Gasteiger charge is -2.33. The molecule has 0 saturated carbocycles. The van der Waals surface area contributed by atoms with Gasteiger partial charge < -0.3 is 10.4 Å². The van der Waals surface area contributed by atoms with E-state index in [1.807, 2.05) is 0 Å². The maximum absolute atomic E-state index is 12.8.